The number of carbonyl (C=O) groups excluding carboxylic acids is 1. The topological polar surface area (TPSA) is 101 Å². The molecule has 0 aliphatic carbocycles. The Hall–Kier alpha value is -2.93. The van der Waals surface area contributed by atoms with Gasteiger partial charge in [0.15, 0.2) is 5.82 Å². The monoisotopic (exact) mass is 344 g/mol. The first-order valence-electron chi connectivity index (χ1n) is 7.07. The average molecular weight is 345 g/mol. The molecule has 3 rings (SSSR count). The van der Waals surface area contributed by atoms with E-state index in [1.54, 1.807) is 31.2 Å². The quantitative estimate of drug-likeness (QED) is 0.755. The van der Waals surface area contributed by atoms with Crippen LogP contribution >= 0.6 is 11.6 Å². The molecule has 0 aliphatic rings. The molecule has 0 saturated heterocycles. The highest BCUT2D eigenvalue weighted by Crippen LogP contribution is 2.21. The van der Waals surface area contributed by atoms with E-state index in [1.807, 2.05) is 0 Å². The number of amides is 1. The standard InChI is InChI=1S/C16H13ClN4O3/c1-9-12(6-7-13(22)19-9)16(23)20-14(15-18-8-24-21-15)10-2-4-11(17)5-3-10/h2-8,14H,1H3,(H,19,22)(H,20,23). The number of nitrogens with zero attached hydrogens (tertiary/aromatic N) is 2. The molecule has 2 heterocycles. The van der Waals surface area contributed by atoms with Crippen molar-refractivity contribution in [3.63, 3.8) is 0 Å². The zero-order valence-corrected chi connectivity index (χ0v) is 13.4. The minimum Gasteiger partial charge on any atom is -0.343 e. The molecule has 2 N–H and O–H groups in total. The van der Waals surface area contributed by atoms with Gasteiger partial charge in [0.1, 0.15) is 6.04 Å². The number of aromatic nitrogens is 3. The lowest BCUT2D eigenvalue weighted by molar-refractivity contribution is 0.0940. The van der Waals surface area contributed by atoms with Crippen molar-refractivity contribution in [2.75, 3.05) is 0 Å². The fourth-order valence-corrected chi connectivity index (χ4v) is 2.42. The van der Waals surface area contributed by atoms with Gasteiger partial charge in [0.05, 0.1) is 5.56 Å². The molecule has 122 valence electrons. The van der Waals surface area contributed by atoms with Crippen molar-refractivity contribution in [2.45, 2.75) is 13.0 Å². The minimum absolute atomic E-state index is 0.267. The van der Waals surface area contributed by atoms with Crippen LogP contribution < -0.4 is 10.9 Å². The molecule has 3 aromatic rings. The van der Waals surface area contributed by atoms with E-state index in [9.17, 15) is 9.59 Å². The van der Waals surface area contributed by atoms with Crippen LogP contribution in [-0.2, 0) is 0 Å². The van der Waals surface area contributed by atoms with Crippen molar-refractivity contribution in [1.82, 2.24) is 20.4 Å². The summed E-state index contributed by atoms with van der Waals surface area (Å²) < 4.78 is 4.78. The van der Waals surface area contributed by atoms with Gasteiger partial charge in [-0.2, -0.15) is 4.98 Å². The molecule has 0 fully saturated rings. The van der Waals surface area contributed by atoms with Gasteiger partial charge in [-0.05, 0) is 30.7 Å². The third-order valence-corrected chi connectivity index (χ3v) is 3.73. The molecule has 0 spiro atoms. The Balaban J connectivity index is 1.93. The van der Waals surface area contributed by atoms with Crippen LogP contribution in [0.3, 0.4) is 0 Å². The highest BCUT2D eigenvalue weighted by molar-refractivity contribution is 6.30. The SMILES string of the molecule is Cc1[nH]c(=O)ccc1C(=O)NC(c1ccc(Cl)cc1)c1ncon1. The number of pyridine rings is 1. The Bertz CT molecular complexity index is 904. The highest BCUT2D eigenvalue weighted by Gasteiger charge is 2.22. The van der Waals surface area contributed by atoms with Gasteiger partial charge in [-0.25, -0.2) is 0 Å². The predicted molar refractivity (Wildman–Crippen MR) is 86.9 cm³/mol. The summed E-state index contributed by atoms with van der Waals surface area (Å²) >= 11 is 5.91. The van der Waals surface area contributed by atoms with Crippen LogP contribution in [0.4, 0.5) is 0 Å². The van der Waals surface area contributed by atoms with Gasteiger partial charge >= 0.3 is 0 Å². The van der Waals surface area contributed by atoms with E-state index in [-0.39, 0.29) is 11.5 Å². The van der Waals surface area contributed by atoms with E-state index in [2.05, 4.69) is 20.4 Å². The zero-order valence-electron chi connectivity index (χ0n) is 12.6. The van der Waals surface area contributed by atoms with Gasteiger partial charge in [0, 0.05) is 16.8 Å². The summed E-state index contributed by atoms with van der Waals surface area (Å²) in [6, 6.07) is 9.11. The number of aryl methyl sites for hydroxylation is 1. The van der Waals surface area contributed by atoms with E-state index in [0.29, 0.717) is 22.1 Å². The van der Waals surface area contributed by atoms with Crippen molar-refractivity contribution in [3.05, 3.63) is 80.8 Å². The fourth-order valence-electron chi connectivity index (χ4n) is 2.29. The number of nitrogens with one attached hydrogen (secondary N) is 2. The Labute approximate surface area is 141 Å². The first kappa shape index (κ1) is 15.9. The van der Waals surface area contributed by atoms with Crippen LogP contribution in [0.15, 0.2) is 52.1 Å². The number of benzene rings is 1. The number of rotatable bonds is 4. The van der Waals surface area contributed by atoms with Gasteiger partial charge in [-0.3, -0.25) is 9.59 Å². The average Bonchev–Trinajstić information content (AvgIpc) is 3.07. The van der Waals surface area contributed by atoms with Crippen molar-refractivity contribution in [1.29, 1.82) is 0 Å². The summed E-state index contributed by atoms with van der Waals surface area (Å²) in [5.74, 6) is -0.0544. The lowest BCUT2D eigenvalue weighted by Gasteiger charge is -2.16. The van der Waals surface area contributed by atoms with Gasteiger partial charge in [-0.1, -0.05) is 28.9 Å². The molecule has 7 nitrogen and oxygen atoms in total. The van der Waals surface area contributed by atoms with E-state index in [4.69, 9.17) is 16.1 Å². The minimum atomic E-state index is -0.611. The van der Waals surface area contributed by atoms with E-state index in [1.165, 1.54) is 18.5 Å². The first-order valence-corrected chi connectivity index (χ1v) is 7.45. The summed E-state index contributed by atoms with van der Waals surface area (Å²) in [6.07, 6.45) is 1.19. The molecule has 0 aliphatic heterocycles. The highest BCUT2D eigenvalue weighted by atomic mass is 35.5. The van der Waals surface area contributed by atoms with Gasteiger partial charge < -0.3 is 14.8 Å². The maximum atomic E-state index is 12.6. The van der Waals surface area contributed by atoms with Crippen LogP contribution in [0.2, 0.25) is 5.02 Å². The summed E-state index contributed by atoms with van der Waals surface area (Å²) in [7, 11) is 0. The van der Waals surface area contributed by atoms with Crippen LogP contribution in [0.5, 0.6) is 0 Å². The summed E-state index contributed by atoms with van der Waals surface area (Å²) in [6.45, 7) is 1.65. The van der Waals surface area contributed by atoms with Crippen molar-refractivity contribution >= 4 is 17.5 Å². The third kappa shape index (κ3) is 3.36. The molecule has 1 amide bonds. The Morgan fingerprint density at radius 3 is 2.62 bits per heavy atom. The number of hydrogen-bond acceptors (Lipinski definition) is 5. The van der Waals surface area contributed by atoms with Gasteiger partial charge in [0.25, 0.3) is 5.91 Å². The lowest BCUT2D eigenvalue weighted by atomic mass is 10.1. The zero-order chi connectivity index (χ0) is 17.1. The maximum absolute atomic E-state index is 12.6. The Morgan fingerprint density at radius 2 is 2.00 bits per heavy atom. The van der Waals surface area contributed by atoms with E-state index in [0.717, 1.165) is 5.56 Å². The molecule has 0 radical (unpaired) electrons. The van der Waals surface area contributed by atoms with Crippen molar-refractivity contribution in [2.24, 2.45) is 0 Å². The number of halogens is 1. The van der Waals surface area contributed by atoms with E-state index >= 15 is 0 Å². The fraction of sp³-hybridized carbons (Fsp3) is 0.125. The van der Waals surface area contributed by atoms with Crippen LogP contribution in [0, 0.1) is 6.92 Å². The molecule has 0 saturated carbocycles. The molecule has 1 unspecified atom stereocenters. The van der Waals surface area contributed by atoms with Crippen LogP contribution in [-0.4, -0.2) is 21.0 Å². The maximum Gasteiger partial charge on any atom is 0.253 e. The molecular weight excluding hydrogens is 332 g/mol. The predicted octanol–water partition coefficient (Wildman–Crippen LogP) is 2.24. The first-order chi connectivity index (χ1) is 11.5. The second-order valence-electron chi connectivity index (χ2n) is 5.11. The second-order valence-corrected chi connectivity index (χ2v) is 5.55. The molecule has 2 aromatic heterocycles. The largest absolute Gasteiger partial charge is 0.343 e. The van der Waals surface area contributed by atoms with Crippen LogP contribution in [0.25, 0.3) is 0 Å². The van der Waals surface area contributed by atoms with Crippen molar-refractivity contribution < 1.29 is 9.32 Å². The molecule has 1 aromatic carbocycles. The molecule has 8 heteroatoms. The molecule has 1 atom stereocenters. The summed E-state index contributed by atoms with van der Waals surface area (Å²) in [5, 5.41) is 7.23. The third-order valence-electron chi connectivity index (χ3n) is 3.48. The van der Waals surface area contributed by atoms with Crippen molar-refractivity contribution in [3.8, 4) is 0 Å². The number of hydrogen-bond donors (Lipinski definition) is 2. The van der Waals surface area contributed by atoms with Crippen LogP contribution in [0.1, 0.15) is 33.5 Å². The summed E-state index contributed by atoms with van der Waals surface area (Å²) in [4.78, 5) is 30.5. The Morgan fingerprint density at radius 1 is 1.25 bits per heavy atom. The number of H-pyrrole nitrogens is 1. The number of carbonyl (C=O) groups is 1. The summed E-state index contributed by atoms with van der Waals surface area (Å²) in [5.41, 5.74) is 1.31. The molecule has 0 bridgehead atoms. The van der Waals surface area contributed by atoms with Gasteiger partial charge in [-0.15, -0.1) is 0 Å². The second kappa shape index (κ2) is 6.67. The molecular formula is C16H13ClN4O3. The lowest BCUT2D eigenvalue weighted by Crippen LogP contribution is -2.31. The molecule has 24 heavy (non-hydrogen) atoms. The van der Waals surface area contributed by atoms with E-state index < -0.39 is 6.04 Å². The van der Waals surface area contributed by atoms with Gasteiger partial charge in [0.2, 0.25) is 12.0 Å². The smallest absolute Gasteiger partial charge is 0.253 e. The Kier molecular flexibility index (Phi) is 4.43. The number of aromatic amines is 1. The normalized spacial score (nSPS) is 11.9.